The predicted octanol–water partition coefficient (Wildman–Crippen LogP) is 2.26. The van der Waals surface area contributed by atoms with Crippen molar-refractivity contribution in [3.05, 3.63) is 46.0 Å². The van der Waals surface area contributed by atoms with Crippen LogP contribution in [0.5, 0.6) is 0 Å². The molecule has 0 atom stereocenters. The molecule has 102 valence electrons. The van der Waals surface area contributed by atoms with E-state index in [1.54, 1.807) is 18.2 Å². The highest BCUT2D eigenvalue weighted by molar-refractivity contribution is 9.10. The van der Waals surface area contributed by atoms with E-state index in [2.05, 4.69) is 26.6 Å². The van der Waals surface area contributed by atoms with Gasteiger partial charge in [-0.25, -0.2) is 0 Å². The van der Waals surface area contributed by atoms with Crippen molar-refractivity contribution in [3.8, 4) is 0 Å². The lowest BCUT2D eigenvalue weighted by Gasteiger charge is -2.06. The Bertz CT molecular complexity index is 494. The second kappa shape index (κ2) is 7.74. The van der Waals surface area contributed by atoms with Gasteiger partial charge in [-0.1, -0.05) is 27.6 Å². The Balaban J connectivity index is 2.32. The Morgan fingerprint density at radius 2 is 1.89 bits per heavy atom. The van der Waals surface area contributed by atoms with Crippen molar-refractivity contribution in [2.45, 2.75) is 13.8 Å². The molecule has 0 radical (unpaired) electrons. The zero-order valence-corrected chi connectivity index (χ0v) is 12.6. The summed E-state index contributed by atoms with van der Waals surface area (Å²) in [6, 6.07) is 7.14. The molecule has 0 aliphatic carbocycles. The highest BCUT2D eigenvalue weighted by atomic mass is 79.9. The van der Waals surface area contributed by atoms with Crippen LogP contribution in [0.1, 0.15) is 24.2 Å². The molecule has 1 rings (SSSR count). The van der Waals surface area contributed by atoms with E-state index in [1.807, 2.05) is 19.9 Å². The normalized spacial score (nSPS) is 9.63. The summed E-state index contributed by atoms with van der Waals surface area (Å²) in [5, 5.41) is 5.43. The van der Waals surface area contributed by atoms with E-state index in [1.165, 1.54) is 6.08 Å². The van der Waals surface area contributed by atoms with E-state index in [4.69, 9.17) is 0 Å². The smallest absolute Gasteiger partial charge is 0.251 e. The maximum absolute atomic E-state index is 11.8. The average Bonchev–Trinajstić information content (AvgIpc) is 2.33. The fourth-order valence-electron chi connectivity index (χ4n) is 1.41. The summed E-state index contributed by atoms with van der Waals surface area (Å²) < 4.78 is 0.858. The molecular weight excluding hydrogens is 308 g/mol. The van der Waals surface area contributed by atoms with Crippen molar-refractivity contribution in [2.24, 2.45) is 0 Å². The minimum absolute atomic E-state index is 0.142. The Labute approximate surface area is 121 Å². The first-order chi connectivity index (χ1) is 8.99. The quantitative estimate of drug-likeness (QED) is 0.644. The molecule has 2 amide bonds. The third kappa shape index (κ3) is 6.20. The molecule has 4 nitrogen and oxygen atoms in total. The van der Waals surface area contributed by atoms with E-state index >= 15 is 0 Å². The van der Waals surface area contributed by atoms with Crippen molar-refractivity contribution in [1.82, 2.24) is 10.6 Å². The maximum Gasteiger partial charge on any atom is 0.251 e. The molecule has 19 heavy (non-hydrogen) atoms. The van der Waals surface area contributed by atoms with Gasteiger partial charge in [-0.05, 0) is 32.0 Å². The van der Waals surface area contributed by atoms with Gasteiger partial charge in [0.15, 0.2) is 0 Å². The zero-order chi connectivity index (χ0) is 14.3. The number of hydrogen-bond donors (Lipinski definition) is 2. The van der Waals surface area contributed by atoms with Crippen LogP contribution < -0.4 is 10.6 Å². The molecule has 1 aromatic carbocycles. The first kappa shape index (κ1) is 15.4. The summed E-state index contributed by atoms with van der Waals surface area (Å²) in [4.78, 5) is 23.1. The number of benzene rings is 1. The Morgan fingerprint density at radius 3 is 2.53 bits per heavy atom. The molecule has 0 heterocycles. The van der Waals surface area contributed by atoms with Crippen LogP contribution in [-0.4, -0.2) is 24.9 Å². The lowest BCUT2D eigenvalue weighted by Crippen LogP contribution is -2.34. The topological polar surface area (TPSA) is 58.2 Å². The lowest BCUT2D eigenvalue weighted by molar-refractivity contribution is -0.116. The second-order valence-electron chi connectivity index (χ2n) is 4.28. The van der Waals surface area contributed by atoms with Crippen molar-refractivity contribution in [1.29, 1.82) is 0 Å². The van der Waals surface area contributed by atoms with Gasteiger partial charge in [0.05, 0.1) is 0 Å². The van der Waals surface area contributed by atoms with Gasteiger partial charge >= 0.3 is 0 Å². The largest absolute Gasteiger partial charge is 0.351 e. The number of carbonyl (C=O) groups excluding carboxylic acids is 2. The monoisotopic (exact) mass is 324 g/mol. The Morgan fingerprint density at radius 1 is 1.21 bits per heavy atom. The molecule has 0 spiro atoms. The summed E-state index contributed by atoms with van der Waals surface area (Å²) in [5.41, 5.74) is 1.53. The minimum atomic E-state index is -0.155. The highest BCUT2D eigenvalue weighted by Gasteiger charge is 2.04. The molecule has 0 saturated heterocycles. The maximum atomic E-state index is 11.8. The third-order valence-corrected chi connectivity index (χ3v) is 2.71. The lowest BCUT2D eigenvalue weighted by atomic mass is 10.2. The molecule has 0 aromatic heterocycles. The van der Waals surface area contributed by atoms with Gasteiger partial charge in [0.2, 0.25) is 5.91 Å². The summed E-state index contributed by atoms with van der Waals surface area (Å²) in [6.45, 7) is 4.51. The van der Waals surface area contributed by atoms with Gasteiger partial charge in [0.1, 0.15) is 0 Å². The van der Waals surface area contributed by atoms with Gasteiger partial charge in [-0.2, -0.15) is 0 Å². The van der Waals surface area contributed by atoms with Crippen LogP contribution in [-0.2, 0) is 4.79 Å². The van der Waals surface area contributed by atoms with Crippen LogP contribution in [0.25, 0.3) is 0 Å². The van der Waals surface area contributed by atoms with Crippen LogP contribution in [0.4, 0.5) is 0 Å². The molecule has 0 aliphatic heterocycles. The van der Waals surface area contributed by atoms with Gasteiger partial charge in [-0.3, -0.25) is 9.59 Å². The third-order valence-electron chi connectivity index (χ3n) is 2.22. The molecule has 0 bridgehead atoms. The summed E-state index contributed by atoms with van der Waals surface area (Å²) in [6.07, 6.45) is 1.52. The van der Waals surface area contributed by atoms with Crippen molar-refractivity contribution in [2.75, 3.05) is 13.1 Å². The molecular formula is C14H17BrN2O2. The molecule has 0 saturated carbocycles. The summed E-state index contributed by atoms with van der Waals surface area (Å²) in [7, 11) is 0. The first-order valence-electron chi connectivity index (χ1n) is 5.95. The van der Waals surface area contributed by atoms with Crippen LogP contribution in [0.3, 0.4) is 0 Å². The fourth-order valence-corrected chi connectivity index (χ4v) is 1.81. The number of nitrogens with one attached hydrogen (secondary N) is 2. The molecule has 0 fully saturated rings. The molecule has 0 aliphatic rings. The van der Waals surface area contributed by atoms with Gasteiger partial charge in [-0.15, -0.1) is 0 Å². The first-order valence-corrected chi connectivity index (χ1v) is 6.75. The molecule has 1 aromatic rings. The number of hydrogen-bond acceptors (Lipinski definition) is 2. The van der Waals surface area contributed by atoms with E-state index in [0.29, 0.717) is 18.7 Å². The van der Waals surface area contributed by atoms with Crippen LogP contribution in [0, 0.1) is 0 Å². The van der Waals surface area contributed by atoms with Crippen LogP contribution >= 0.6 is 15.9 Å². The molecule has 5 heteroatoms. The summed E-state index contributed by atoms with van der Waals surface area (Å²) >= 11 is 3.31. The number of carbonyl (C=O) groups is 2. The molecule has 0 unspecified atom stereocenters. The van der Waals surface area contributed by atoms with E-state index in [0.717, 1.165) is 10.0 Å². The predicted molar refractivity (Wildman–Crippen MR) is 78.9 cm³/mol. The van der Waals surface area contributed by atoms with Crippen molar-refractivity contribution < 1.29 is 9.59 Å². The van der Waals surface area contributed by atoms with E-state index in [-0.39, 0.29) is 11.8 Å². The SMILES string of the molecule is CC(C)=CC(=O)NCCNC(=O)c1cccc(Br)c1. The summed E-state index contributed by atoms with van der Waals surface area (Å²) in [5.74, 6) is -0.297. The van der Waals surface area contributed by atoms with Crippen LogP contribution in [0.15, 0.2) is 40.4 Å². The minimum Gasteiger partial charge on any atom is -0.351 e. The van der Waals surface area contributed by atoms with Gasteiger partial charge in [0.25, 0.3) is 5.91 Å². The van der Waals surface area contributed by atoms with E-state index < -0.39 is 0 Å². The Hall–Kier alpha value is -1.62. The number of halogens is 1. The average molecular weight is 325 g/mol. The van der Waals surface area contributed by atoms with E-state index in [9.17, 15) is 9.59 Å². The number of amides is 2. The van der Waals surface area contributed by atoms with Gasteiger partial charge in [0, 0.05) is 29.2 Å². The van der Waals surface area contributed by atoms with Crippen LogP contribution in [0.2, 0.25) is 0 Å². The van der Waals surface area contributed by atoms with Crippen molar-refractivity contribution in [3.63, 3.8) is 0 Å². The molecule has 2 N–H and O–H groups in total. The number of allylic oxidation sites excluding steroid dienone is 1. The highest BCUT2D eigenvalue weighted by Crippen LogP contribution is 2.11. The standard InChI is InChI=1S/C14H17BrN2O2/c1-10(2)8-13(18)16-6-7-17-14(19)11-4-3-5-12(15)9-11/h3-5,8-9H,6-7H2,1-2H3,(H,16,18)(H,17,19). The van der Waals surface area contributed by atoms with Crippen molar-refractivity contribution >= 4 is 27.7 Å². The fraction of sp³-hybridized carbons (Fsp3) is 0.286. The van der Waals surface area contributed by atoms with Gasteiger partial charge < -0.3 is 10.6 Å². The number of rotatable bonds is 5. The zero-order valence-electron chi connectivity index (χ0n) is 11.0. The second-order valence-corrected chi connectivity index (χ2v) is 5.19. The Kier molecular flexibility index (Phi) is 6.29.